The first-order valence-electron chi connectivity index (χ1n) is 13.2. The molecule has 1 heterocycles. The standard InChI is InChI=1S/C30H33F3N2O4/c1-3-14-35-15-13-28-19-22(11-12-29(28,38)26(35)17-21-8-9-23(36)18-25(21)28)34(2)27(37)10-7-20-5-4-6-24(16-20)39-30(31,32)33/h3-10,16,18,22,26,36,38H,1,11-15,17,19H2,2H3/t22-,26-,28-,29+/m1/s1. The number of nitrogens with zero attached hydrogens (tertiary/aromatic N) is 2. The summed E-state index contributed by atoms with van der Waals surface area (Å²) in [7, 11) is 1.72. The zero-order valence-electron chi connectivity index (χ0n) is 21.8. The number of hydrogen-bond acceptors (Lipinski definition) is 5. The van der Waals surface area contributed by atoms with Crippen LogP contribution in [0.25, 0.3) is 6.08 Å². The first-order chi connectivity index (χ1) is 18.5. The third-order valence-electron chi connectivity index (χ3n) is 8.88. The molecule has 0 spiro atoms. The van der Waals surface area contributed by atoms with Gasteiger partial charge in [0.25, 0.3) is 0 Å². The normalized spacial score (nSPS) is 28.4. The highest BCUT2D eigenvalue weighted by Crippen LogP contribution is 2.59. The van der Waals surface area contributed by atoms with Crippen LogP contribution in [0.3, 0.4) is 0 Å². The molecule has 5 rings (SSSR count). The maximum Gasteiger partial charge on any atom is 0.573 e. The second kappa shape index (κ2) is 10.0. The maximum absolute atomic E-state index is 13.2. The lowest BCUT2D eigenvalue weighted by atomic mass is 9.48. The van der Waals surface area contributed by atoms with E-state index < -0.39 is 17.4 Å². The van der Waals surface area contributed by atoms with E-state index >= 15 is 0 Å². The van der Waals surface area contributed by atoms with Crippen molar-refractivity contribution in [3.63, 3.8) is 0 Å². The van der Waals surface area contributed by atoms with Gasteiger partial charge in [-0.2, -0.15) is 0 Å². The number of likely N-dealkylation sites (tertiary alicyclic amines) is 1. The average molecular weight is 543 g/mol. The van der Waals surface area contributed by atoms with E-state index in [9.17, 15) is 28.2 Å². The summed E-state index contributed by atoms with van der Waals surface area (Å²) < 4.78 is 41.7. The van der Waals surface area contributed by atoms with Gasteiger partial charge in [0, 0.05) is 37.2 Å². The van der Waals surface area contributed by atoms with E-state index in [-0.39, 0.29) is 29.5 Å². The molecule has 1 aliphatic heterocycles. The zero-order valence-corrected chi connectivity index (χ0v) is 21.8. The molecule has 2 fully saturated rings. The Bertz CT molecular complexity index is 1300. The fourth-order valence-corrected chi connectivity index (χ4v) is 7.07. The number of benzene rings is 2. The third-order valence-corrected chi connectivity index (χ3v) is 8.88. The lowest BCUT2D eigenvalue weighted by molar-refractivity contribution is -0.274. The molecule has 0 aromatic heterocycles. The molecule has 2 aromatic rings. The molecule has 4 atom stereocenters. The number of phenolic OH excluding ortho intramolecular Hbond substituents is 1. The second-order valence-corrected chi connectivity index (χ2v) is 10.9. The highest BCUT2D eigenvalue weighted by Gasteiger charge is 2.64. The molecule has 2 bridgehead atoms. The van der Waals surface area contributed by atoms with Gasteiger partial charge in [-0.25, -0.2) is 0 Å². The summed E-state index contributed by atoms with van der Waals surface area (Å²) in [6, 6.07) is 10.6. The van der Waals surface area contributed by atoms with Crippen molar-refractivity contribution in [3.8, 4) is 11.5 Å². The van der Waals surface area contributed by atoms with E-state index in [1.165, 1.54) is 30.4 Å². The Labute approximate surface area is 226 Å². The van der Waals surface area contributed by atoms with Gasteiger partial charge in [-0.05, 0) is 85.7 Å². The van der Waals surface area contributed by atoms with Crippen molar-refractivity contribution in [2.45, 2.75) is 61.6 Å². The number of halogens is 3. The summed E-state index contributed by atoms with van der Waals surface area (Å²) in [6.45, 7) is 5.34. The van der Waals surface area contributed by atoms with Gasteiger partial charge < -0.3 is 19.8 Å². The maximum atomic E-state index is 13.2. The number of likely N-dealkylation sites (N-methyl/N-ethyl adjacent to an activating group) is 1. The SMILES string of the molecule is C=CCN1CC[C@]23C[C@H](N(C)C(=O)C=Cc4cccc(OC(F)(F)F)c4)CC[C@]2(O)[C@H]1Cc1ccc(O)cc13. The number of rotatable bonds is 6. The third kappa shape index (κ3) is 4.94. The van der Waals surface area contributed by atoms with Crippen LogP contribution in [0.2, 0.25) is 0 Å². The minimum atomic E-state index is -4.80. The van der Waals surface area contributed by atoms with Crippen molar-refractivity contribution in [2.75, 3.05) is 20.1 Å². The highest BCUT2D eigenvalue weighted by atomic mass is 19.4. The number of aliphatic hydroxyl groups is 1. The first-order valence-corrected chi connectivity index (χ1v) is 13.2. The average Bonchev–Trinajstić information content (AvgIpc) is 2.88. The molecule has 9 heteroatoms. The van der Waals surface area contributed by atoms with Gasteiger partial charge in [-0.3, -0.25) is 9.69 Å². The largest absolute Gasteiger partial charge is 0.573 e. The number of aromatic hydroxyl groups is 1. The molecule has 0 radical (unpaired) electrons. The van der Waals surface area contributed by atoms with Crippen LogP contribution in [0.15, 0.2) is 61.2 Å². The number of carbonyl (C=O) groups excluding carboxylic acids is 1. The Kier molecular flexibility index (Phi) is 7.01. The van der Waals surface area contributed by atoms with Gasteiger partial charge in [0.2, 0.25) is 5.91 Å². The van der Waals surface area contributed by atoms with Crippen molar-refractivity contribution >= 4 is 12.0 Å². The molecule has 0 unspecified atom stereocenters. The number of ether oxygens (including phenoxy) is 1. The van der Waals surface area contributed by atoms with Crippen LogP contribution in [-0.2, 0) is 16.6 Å². The van der Waals surface area contributed by atoms with Crippen LogP contribution in [-0.4, -0.2) is 70.1 Å². The lowest BCUT2D eigenvalue weighted by Crippen LogP contribution is -2.74. The molecule has 6 nitrogen and oxygen atoms in total. The van der Waals surface area contributed by atoms with E-state index in [0.717, 1.165) is 17.7 Å². The Morgan fingerprint density at radius 1 is 1.26 bits per heavy atom. The predicted octanol–water partition coefficient (Wildman–Crippen LogP) is 4.80. The lowest BCUT2D eigenvalue weighted by Gasteiger charge is -2.65. The Morgan fingerprint density at radius 3 is 2.79 bits per heavy atom. The van der Waals surface area contributed by atoms with Crippen LogP contribution < -0.4 is 4.74 Å². The van der Waals surface area contributed by atoms with E-state index in [4.69, 9.17) is 0 Å². The Morgan fingerprint density at radius 2 is 2.05 bits per heavy atom. The number of alkyl halides is 3. The fraction of sp³-hybridized carbons (Fsp3) is 0.433. The van der Waals surface area contributed by atoms with Gasteiger partial charge in [0.1, 0.15) is 11.5 Å². The molecule has 2 aromatic carbocycles. The Balaban J connectivity index is 1.39. The molecule has 3 aliphatic rings. The van der Waals surface area contributed by atoms with Crippen LogP contribution >= 0.6 is 0 Å². The topological polar surface area (TPSA) is 73.2 Å². The van der Waals surface area contributed by atoms with Gasteiger partial charge in [-0.15, -0.1) is 19.8 Å². The molecule has 2 aliphatic carbocycles. The molecule has 1 saturated carbocycles. The first kappa shape index (κ1) is 27.3. The summed E-state index contributed by atoms with van der Waals surface area (Å²) in [6.07, 6.45) is 2.90. The highest BCUT2D eigenvalue weighted by molar-refractivity contribution is 5.91. The van der Waals surface area contributed by atoms with Crippen molar-refractivity contribution in [3.05, 3.63) is 77.9 Å². The van der Waals surface area contributed by atoms with Gasteiger partial charge in [0.15, 0.2) is 0 Å². The molecular weight excluding hydrogens is 509 g/mol. The number of hydrogen-bond donors (Lipinski definition) is 2. The predicted molar refractivity (Wildman–Crippen MR) is 141 cm³/mol. The van der Waals surface area contributed by atoms with Crippen molar-refractivity contribution in [1.82, 2.24) is 9.80 Å². The Hall–Kier alpha value is -3.30. The summed E-state index contributed by atoms with van der Waals surface area (Å²) in [5, 5.41) is 22.7. The van der Waals surface area contributed by atoms with E-state index in [0.29, 0.717) is 44.2 Å². The zero-order chi connectivity index (χ0) is 28.0. The van der Waals surface area contributed by atoms with Crippen molar-refractivity contribution in [1.29, 1.82) is 0 Å². The van der Waals surface area contributed by atoms with E-state index in [1.54, 1.807) is 30.1 Å². The summed E-state index contributed by atoms with van der Waals surface area (Å²) in [5.41, 5.74) is 0.842. The summed E-state index contributed by atoms with van der Waals surface area (Å²) in [4.78, 5) is 17.1. The molecule has 1 amide bonds. The monoisotopic (exact) mass is 542 g/mol. The molecule has 2 N–H and O–H groups in total. The second-order valence-electron chi connectivity index (χ2n) is 10.9. The summed E-state index contributed by atoms with van der Waals surface area (Å²) >= 11 is 0. The van der Waals surface area contributed by atoms with Crippen molar-refractivity contribution in [2.24, 2.45) is 0 Å². The van der Waals surface area contributed by atoms with E-state index in [2.05, 4.69) is 16.2 Å². The van der Waals surface area contributed by atoms with Crippen LogP contribution in [0.5, 0.6) is 11.5 Å². The molecule has 1 saturated heterocycles. The van der Waals surface area contributed by atoms with Crippen LogP contribution in [0, 0.1) is 0 Å². The number of fused-ring (bicyclic) bond motifs is 1. The molecule has 208 valence electrons. The number of carbonyl (C=O) groups is 1. The number of phenols is 1. The minimum Gasteiger partial charge on any atom is -0.508 e. The van der Waals surface area contributed by atoms with Gasteiger partial charge >= 0.3 is 6.36 Å². The van der Waals surface area contributed by atoms with Gasteiger partial charge in [0.05, 0.1) is 5.60 Å². The van der Waals surface area contributed by atoms with E-state index in [1.807, 2.05) is 12.1 Å². The smallest absolute Gasteiger partial charge is 0.508 e. The minimum absolute atomic E-state index is 0.0886. The van der Waals surface area contributed by atoms with Crippen LogP contribution in [0.1, 0.15) is 42.4 Å². The summed E-state index contributed by atoms with van der Waals surface area (Å²) in [5.74, 6) is -0.479. The molecular formula is C30H33F3N2O4. The van der Waals surface area contributed by atoms with Crippen molar-refractivity contribution < 1.29 is 32.9 Å². The van der Waals surface area contributed by atoms with Crippen LogP contribution in [0.4, 0.5) is 13.2 Å². The number of amides is 1. The quantitative estimate of drug-likeness (QED) is 0.405. The molecule has 39 heavy (non-hydrogen) atoms. The van der Waals surface area contributed by atoms with Gasteiger partial charge in [-0.1, -0.05) is 24.3 Å². The fourth-order valence-electron chi connectivity index (χ4n) is 7.07. The number of piperidine rings is 1.